The minimum absolute atomic E-state index is 0.0240. The summed E-state index contributed by atoms with van der Waals surface area (Å²) in [6.07, 6.45) is 2.23. The van der Waals surface area contributed by atoms with Crippen molar-refractivity contribution in [1.82, 2.24) is 0 Å². The maximum Gasteiger partial charge on any atom is 0.0263 e. The van der Waals surface area contributed by atoms with Crippen LogP contribution < -0.4 is 0 Å². The summed E-state index contributed by atoms with van der Waals surface area (Å²) >= 11 is 0. The standard InChI is InChI=1S/C62H50/c1-5-36-62(61(2,3)4)57-31-19-18-26-50(57)51-33-32-43(40-58(51)62)59-52-27-14-16-29-54(52)60(55-30-17-15-28-53(55)59)56-35-34-47(48-24-12-13-25-49(48)56)46-38-44(41-20-8-6-9-21-41)37-45(39-46)42-22-10-7-11-23-42/h6-35,37-40H,5,36H2,1-4H3. The first-order valence-electron chi connectivity index (χ1n) is 22.3. The first-order chi connectivity index (χ1) is 30.4. The largest absolute Gasteiger partial charge is 0.0653 e. The summed E-state index contributed by atoms with van der Waals surface area (Å²) in [6.45, 7) is 9.67. The summed E-state index contributed by atoms with van der Waals surface area (Å²) in [5.41, 5.74) is 18.1. The fraction of sp³-hybridized carbons (Fsp3) is 0.129. The lowest BCUT2D eigenvalue weighted by molar-refractivity contribution is 0.216. The highest BCUT2D eigenvalue weighted by atomic mass is 14.5. The highest BCUT2D eigenvalue weighted by Crippen LogP contribution is 2.60. The van der Waals surface area contributed by atoms with Crippen LogP contribution in [-0.4, -0.2) is 0 Å². The average molecular weight is 795 g/mol. The SMILES string of the molecule is CCCC1(C(C)(C)C)c2ccccc2-c2ccc(-c3c4ccccc4c(-c4ccc(-c5cc(-c6ccccc6)cc(-c6ccccc6)c5)c5ccccc45)c4ccccc34)cc21. The first-order valence-corrected chi connectivity index (χ1v) is 22.3. The number of hydrogen-bond donors (Lipinski definition) is 0. The predicted octanol–water partition coefficient (Wildman–Crippen LogP) is 17.6. The Morgan fingerprint density at radius 3 is 1.32 bits per heavy atom. The van der Waals surface area contributed by atoms with Gasteiger partial charge >= 0.3 is 0 Å². The molecule has 0 heteroatoms. The molecule has 1 atom stereocenters. The second-order valence-electron chi connectivity index (χ2n) is 18.3. The van der Waals surface area contributed by atoms with Gasteiger partial charge in [-0.05, 0) is 146 Å². The second kappa shape index (κ2) is 14.9. The van der Waals surface area contributed by atoms with Crippen LogP contribution in [0.15, 0.2) is 206 Å². The quantitative estimate of drug-likeness (QED) is 0.141. The minimum Gasteiger partial charge on any atom is -0.0653 e. The lowest BCUT2D eigenvalue weighted by Gasteiger charge is -2.44. The maximum absolute atomic E-state index is 2.57. The molecule has 0 amide bonds. The van der Waals surface area contributed by atoms with Gasteiger partial charge in [-0.15, -0.1) is 0 Å². The third-order valence-corrected chi connectivity index (χ3v) is 13.9. The Labute approximate surface area is 366 Å². The number of hydrogen-bond acceptors (Lipinski definition) is 0. The monoisotopic (exact) mass is 794 g/mol. The van der Waals surface area contributed by atoms with Crippen molar-refractivity contribution < 1.29 is 0 Å². The second-order valence-corrected chi connectivity index (χ2v) is 18.3. The van der Waals surface area contributed by atoms with Crippen molar-refractivity contribution in [1.29, 1.82) is 0 Å². The summed E-state index contributed by atoms with van der Waals surface area (Å²) in [5.74, 6) is 0. The van der Waals surface area contributed by atoms with Crippen molar-refractivity contribution in [2.45, 2.75) is 46.0 Å². The van der Waals surface area contributed by atoms with E-state index in [4.69, 9.17) is 0 Å². The molecule has 10 aromatic carbocycles. The van der Waals surface area contributed by atoms with Gasteiger partial charge in [-0.2, -0.15) is 0 Å². The van der Waals surface area contributed by atoms with Gasteiger partial charge in [0.15, 0.2) is 0 Å². The fourth-order valence-electron chi connectivity index (χ4n) is 11.2. The van der Waals surface area contributed by atoms with Crippen LogP contribution in [0, 0.1) is 5.41 Å². The number of fused-ring (bicyclic) bond motifs is 6. The van der Waals surface area contributed by atoms with E-state index in [1.807, 2.05) is 0 Å². The Balaban J connectivity index is 1.14. The van der Waals surface area contributed by atoms with Crippen LogP contribution in [0.3, 0.4) is 0 Å². The third kappa shape index (κ3) is 5.88. The Morgan fingerprint density at radius 2 is 0.758 bits per heavy atom. The maximum atomic E-state index is 2.57. The van der Waals surface area contributed by atoms with Gasteiger partial charge < -0.3 is 0 Å². The van der Waals surface area contributed by atoms with Gasteiger partial charge in [-0.25, -0.2) is 0 Å². The van der Waals surface area contributed by atoms with Crippen LogP contribution in [0.2, 0.25) is 0 Å². The van der Waals surface area contributed by atoms with Gasteiger partial charge in [0.1, 0.15) is 0 Å². The molecule has 1 aliphatic carbocycles. The zero-order chi connectivity index (χ0) is 42.0. The molecule has 0 heterocycles. The van der Waals surface area contributed by atoms with Crippen molar-refractivity contribution in [3.8, 4) is 66.8 Å². The topological polar surface area (TPSA) is 0 Å². The van der Waals surface area contributed by atoms with Gasteiger partial charge in [0.25, 0.3) is 0 Å². The highest BCUT2D eigenvalue weighted by Gasteiger charge is 2.50. The van der Waals surface area contributed by atoms with Crippen LogP contribution in [-0.2, 0) is 5.41 Å². The van der Waals surface area contributed by atoms with Crippen molar-refractivity contribution in [3.63, 3.8) is 0 Å². The van der Waals surface area contributed by atoms with Crippen molar-refractivity contribution >= 4 is 32.3 Å². The smallest absolute Gasteiger partial charge is 0.0263 e. The Hall–Kier alpha value is -7.02. The number of rotatable bonds is 7. The minimum atomic E-state index is -0.0850. The molecule has 0 saturated heterocycles. The van der Waals surface area contributed by atoms with Crippen LogP contribution in [0.25, 0.3) is 99.1 Å². The third-order valence-electron chi connectivity index (χ3n) is 13.9. The van der Waals surface area contributed by atoms with E-state index in [9.17, 15) is 0 Å². The first kappa shape index (κ1) is 37.9. The molecule has 0 N–H and O–H groups in total. The zero-order valence-corrected chi connectivity index (χ0v) is 36.0. The molecule has 298 valence electrons. The Morgan fingerprint density at radius 1 is 0.323 bits per heavy atom. The summed E-state index contributed by atoms with van der Waals surface area (Å²) in [5, 5.41) is 7.62. The van der Waals surface area contributed by atoms with E-state index < -0.39 is 0 Å². The molecule has 0 saturated carbocycles. The van der Waals surface area contributed by atoms with Gasteiger partial charge in [-0.1, -0.05) is 216 Å². The Kier molecular flexibility index (Phi) is 9.09. The molecule has 0 fully saturated rings. The summed E-state index contributed by atoms with van der Waals surface area (Å²) < 4.78 is 0. The molecule has 0 spiro atoms. The molecule has 0 aliphatic heterocycles. The molecule has 0 nitrogen and oxygen atoms in total. The Bertz CT molecular complexity index is 3210. The van der Waals surface area contributed by atoms with Crippen molar-refractivity contribution in [2.75, 3.05) is 0 Å². The fourth-order valence-corrected chi connectivity index (χ4v) is 11.2. The molecule has 0 bridgehead atoms. The van der Waals surface area contributed by atoms with Gasteiger partial charge in [-0.3, -0.25) is 0 Å². The van der Waals surface area contributed by atoms with E-state index in [0.717, 1.165) is 12.8 Å². The molecule has 62 heavy (non-hydrogen) atoms. The summed E-state index contributed by atoms with van der Waals surface area (Å²) in [4.78, 5) is 0. The van der Waals surface area contributed by atoms with Crippen LogP contribution >= 0.6 is 0 Å². The van der Waals surface area contributed by atoms with Crippen LogP contribution in [0.5, 0.6) is 0 Å². The van der Waals surface area contributed by atoms with Crippen molar-refractivity contribution in [2.24, 2.45) is 5.41 Å². The van der Waals surface area contributed by atoms with Crippen LogP contribution in [0.4, 0.5) is 0 Å². The summed E-state index contributed by atoms with van der Waals surface area (Å²) in [7, 11) is 0. The molecule has 1 aliphatic rings. The molecule has 0 aromatic heterocycles. The van der Waals surface area contributed by atoms with Gasteiger partial charge in [0.2, 0.25) is 0 Å². The molecular weight excluding hydrogens is 745 g/mol. The molecule has 0 radical (unpaired) electrons. The van der Waals surface area contributed by atoms with Gasteiger partial charge in [0.05, 0.1) is 0 Å². The van der Waals surface area contributed by atoms with E-state index >= 15 is 0 Å². The van der Waals surface area contributed by atoms with Crippen LogP contribution in [0.1, 0.15) is 51.7 Å². The molecule has 1 unspecified atom stereocenters. The summed E-state index contributed by atoms with van der Waals surface area (Å²) in [6, 6.07) is 77.2. The molecule has 10 aromatic rings. The molecule has 11 rings (SSSR count). The molecular formula is C62H50. The number of benzene rings is 10. The van der Waals surface area contributed by atoms with E-state index in [2.05, 4.69) is 234 Å². The predicted molar refractivity (Wildman–Crippen MR) is 267 cm³/mol. The van der Waals surface area contributed by atoms with E-state index in [0.29, 0.717) is 0 Å². The average Bonchev–Trinajstić information content (AvgIpc) is 3.61. The van der Waals surface area contributed by atoms with E-state index in [1.54, 1.807) is 0 Å². The highest BCUT2D eigenvalue weighted by molar-refractivity contribution is 6.24. The normalized spacial score (nSPS) is 14.6. The van der Waals surface area contributed by atoms with E-state index in [-0.39, 0.29) is 10.8 Å². The lowest BCUT2D eigenvalue weighted by Crippen LogP contribution is -2.39. The van der Waals surface area contributed by atoms with Crippen molar-refractivity contribution in [3.05, 3.63) is 217 Å². The van der Waals surface area contributed by atoms with E-state index in [1.165, 1.54) is 110 Å². The zero-order valence-electron chi connectivity index (χ0n) is 36.0. The van der Waals surface area contributed by atoms with Gasteiger partial charge in [0, 0.05) is 5.41 Å². The lowest BCUT2D eigenvalue weighted by atomic mass is 9.59.